The molecule has 3 aromatic rings. The van der Waals surface area contributed by atoms with Crippen LogP contribution in [0.3, 0.4) is 0 Å². The number of unbranched alkanes of at least 4 members (excludes halogenated alkanes) is 1. The van der Waals surface area contributed by atoms with Crippen LogP contribution in [0.15, 0.2) is 60.7 Å². The molecule has 0 aromatic heterocycles. The van der Waals surface area contributed by atoms with Crippen molar-refractivity contribution >= 4 is 0 Å². The number of hydrogen-bond acceptors (Lipinski definition) is 5. The Hall–Kier alpha value is -2.70. The summed E-state index contributed by atoms with van der Waals surface area (Å²) in [6.07, 6.45) is 7.92. The van der Waals surface area contributed by atoms with E-state index in [1.807, 2.05) is 0 Å². The van der Waals surface area contributed by atoms with Crippen molar-refractivity contribution in [1.82, 2.24) is 20.4 Å². The molecule has 0 saturated carbocycles. The third kappa shape index (κ3) is 10.3. The van der Waals surface area contributed by atoms with E-state index < -0.39 is 0 Å². The molecule has 0 unspecified atom stereocenters. The average molecular weight is 557 g/mol. The normalized spacial score (nSPS) is 12.5. The predicted octanol–water partition coefficient (Wildman–Crippen LogP) is 5.94. The molecule has 0 amide bonds. The molecule has 0 saturated heterocycles. The van der Waals surface area contributed by atoms with Crippen LogP contribution in [0, 0.1) is 0 Å². The molecule has 1 aliphatic carbocycles. The lowest BCUT2D eigenvalue weighted by Crippen LogP contribution is -2.22. The average Bonchev–Trinajstić information content (AvgIpc) is 2.97. The van der Waals surface area contributed by atoms with Gasteiger partial charge in [0.2, 0.25) is 0 Å². The van der Waals surface area contributed by atoms with Gasteiger partial charge in [-0.1, -0.05) is 48.5 Å². The number of nitrogens with one attached hydrogen (secondary N) is 2. The predicted molar refractivity (Wildman–Crippen MR) is 174 cm³/mol. The minimum absolute atomic E-state index is 0.758. The Bertz CT molecular complexity index is 1210. The lowest BCUT2D eigenvalue weighted by molar-refractivity contribution is 0.303. The van der Waals surface area contributed by atoms with Crippen LogP contribution in [0.5, 0.6) is 5.75 Å². The molecule has 1 aliphatic rings. The van der Waals surface area contributed by atoms with Crippen LogP contribution in [0.2, 0.25) is 0 Å². The fourth-order valence-corrected chi connectivity index (χ4v) is 5.67. The quantitative estimate of drug-likeness (QED) is 0.190. The SMILES string of the molecule is CN(C)CCCNCc1ccc(OCCCCc2ccc3c(c2)CCc2ccccc2-3)c(CNCCCN(C)C)c1. The summed E-state index contributed by atoms with van der Waals surface area (Å²) in [6, 6.07) is 22.7. The molecule has 0 atom stereocenters. The van der Waals surface area contributed by atoms with E-state index in [2.05, 4.69) is 109 Å². The monoisotopic (exact) mass is 556 g/mol. The van der Waals surface area contributed by atoms with Crippen LogP contribution in [0.4, 0.5) is 0 Å². The van der Waals surface area contributed by atoms with Crippen molar-refractivity contribution in [2.45, 2.75) is 58.0 Å². The van der Waals surface area contributed by atoms with Gasteiger partial charge in [-0.05, 0) is 145 Å². The summed E-state index contributed by atoms with van der Waals surface area (Å²) >= 11 is 0. The van der Waals surface area contributed by atoms with Gasteiger partial charge in [-0.2, -0.15) is 0 Å². The molecule has 0 fully saturated rings. The first kappa shape index (κ1) is 31.2. The van der Waals surface area contributed by atoms with Crippen molar-refractivity contribution in [1.29, 1.82) is 0 Å². The van der Waals surface area contributed by atoms with E-state index in [0.717, 1.165) is 96.6 Å². The second-order valence-electron chi connectivity index (χ2n) is 12.1. The highest BCUT2D eigenvalue weighted by Gasteiger charge is 2.15. The van der Waals surface area contributed by atoms with Crippen LogP contribution in [0.1, 0.15) is 53.5 Å². The lowest BCUT2D eigenvalue weighted by Gasteiger charge is -2.20. The van der Waals surface area contributed by atoms with Gasteiger partial charge < -0.3 is 25.2 Å². The van der Waals surface area contributed by atoms with Gasteiger partial charge in [0.15, 0.2) is 0 Å². The van der Waals surface area contributed by atoms with Crippen LogP contribution < -0.4 is 15.4 Å². The van der Waals surface area contributed by atoms with Crippen molar-refractivity contribution in [2.24, 2.45) is 0 Å². The molecule has 3 aromatic carbocycles. The standard InChI is InChI=1S/C36H52N4O/c1-39(2)22-9-20-37-27-30-15-19-36(33(26-30)28-38-21-10-23-40(3)4)41-24-8-7-11-29-14-18-35-32(25-29)17-16-31-12-5-6-13-34(31)35/h5-6,12-15,18-19,25-26,37-38H,7-11,16-17,20-24,27-28H2,1-4H3. The largest absolute Gasteiger partial charge is 0.493 e. The van der Waals surface area contributed by atoms with Gasteiger partial charge in [0.25, 0.3) is 0 Å². The Morgan fingerprint density at radius 2 is 1.34 bits per heavy atom. The van der Waals surface area contributed by atoms with Gasteiger partial charge in [-0.15, -0.1) is 0 Å². The zero-order valence-corrected chi connectivity index (χ0v) is 26.0. The van der Waals surface area contributed by atoms with Gasteiger partial charge in [0, 0.05) is 18.7 Å². The van der Waals surface area contributed by atoms with Crippen molar-refractivity contribution in [3.63, 3.8) is 0 Å². The number of ether oxygens (including phenoxy) is 1. The lowest BCUT2D eigenvalue weighted by atomic mass is 9.84. The summed E-state index contributed by atoms with van der Waals surface area (Å²) < 4.78 is 6.35. The second-order valence-corrected chi connectivity index (χ2v) is 12.1. The summed E-state index contributed by atoms with van der Waals surface area (Å²) in [7, 11) is 8.52. The Morgan fingerprint density at radius 1 is 0.659 bits per heavy atom. The van der Waals surface area contributed by atoms with E-state index in [9.17, 15) is 0 Å². The van der Waals surface area contributed by atoms with Gasteiger partial charge in [0.05, 0.1) is 6.61 Å². The zero-order valence-electron chi connectivity index (χ0n) is 26.0. The summed E-state index contributed by atoms with van der Waals surface area (Å²) in [6.45, 7) is 6.76. The number of hydrogen-bond donors (Lipinski definition) is 2. The summed E-state index contributed by atoms with van der Waals surface area (Å²) in [5, 5.41) is 7.23. The number of benzene rings is 3. The highest BCUT2D eigenvalue weighted by Crippen LogP contribution is 2.34. The topological polar surface area (TPSA) is 39.8 Å². The summed E-state index contributed by atoms with van der Waals surface area (Å²) in [4.78, 5) is 4.47. The maximum Gasteiger partial charge on any atom is 0.123 e. The van der Waals surface area contributed by atoms with Gasteiger partial charge in [-0.25, -0.2) is 0 Å². The van der Waals surface area contributed by atoms with Crippen molar-refractivity contribution in [3.8, 4) is 16.9 Å². The second kappa shape index (κ2) is 16.7. The highest BCUT2D eigenvalue weighted by atomic mass is 16.5. The Kier molecular flexibility index (Phi) is 12.7. The maximum atomic E-state index is 6.35. The molecule has 5 heteroatoms. The van der Waals surface area contributed by atoms with E-state index in [1.165, 1.54) is 38.9 Å². The van der Waals surface area contributed by atoms with E-state index in [-0.39, 0.29) is 0 Å². The van der Waals surface area contributed by atoms with E-state index in [4.69, 9.17) is 4.74 Å². The highest BCUT2D eigenvalue weighted by molar-refractivity contribution is 5.73. The van der Waals surface area contributed by atoms with Crippen molar-refractivity contribution in [3.05, 3.63) is 88.5 Å². The first-order chi connectivity index (χ1) is 20.0. The first-order valence-electron chi connectivity index (χ1n) is 15.6. The molecule has 222 valence electrons. The molecular formula is C36H52N4O. The molecule has 5 nitrogen and oxygen atoms in total. The first-order valence-corrected chi connectivity index (χ1v) is 15.6. The van der Waals surface area contributed by atoms with Gasteiger partial charge in [-0.3, -0.25) is 0 Å². The zero-order chi connectivity index (χ0) is 28.9. The molecular weight excluding hydrogens is 504 g/mol. The molecule has 4 rings (SSSR count). The molecule has 0 bridgehead atoms. The molecule has 2 N–H and O–H groups in total. The number of nitrogens with zero attached hydrogens (tertiary/aromatic N) is 2. The fourth-order valence-electron chi connectivity index (χ4n) is 5.67. The molecule has 0 heterocycles. The van der Waals surface area contributed by atoms with E-state index >= 15 is 0 Å². The van der Waals surface area contributed by atoms with Gasteiger partial charge in [0.1, 0.15) is 5.75 Å². The smallest absolute Gasteiger partial charge is 0.123 e. The van der Waals surface area contributed by atoms with Crippen LogP contribution in [0.25, 0.3) is 11.1 Å². The number of rotatable bonds is 18. The maximum absolute atomic E-state index is 6.35. The number of aryl methyl sites for hydroxylation is 3. The molecule has 41 heavy (non-hydrogen) atoms. The third-order valence-electron chi connectivity index (χ3n) is 7.95. The summed E-state index contributed by atoms with van der Waals surface area (Å²) in [5.74, 6) is 1.02. The molecule has 0 spiro atoms. The summed E-state index contributed by atoms with van der Waals surface area (Å²) in [5.41, 5.74) is 9.87. The van der Waals surface area contributed by atoms with Crippen LogP contribution in [-0.4, -0.2) is 70.8 Å². The van der Waals surface area contributed by atoms with Crippen LogP contribution >= 0.6 is 0 Å². The minimum Gasteiger partial charge on any atom is -0.493 e. The van der Waals surface area contributed by atoms with E-state index in [1.54, 1.807) is 0 Å². The Morgan fingerprint density at radius 3 is 2.12 bits per heavy atom. The molecule has 0 radical (unpaired) electrons. The van der Waals surface area contributed by atoms with E-state index in [0.29, 0.717) is 0 Å². The van der Waals surface area contributed by atoms with Crippen molar-refractivity contribution < 1.29 is 4.74 Å². The van der Waals surface area contributed by atoms with Crippen molar-refractivity contribution in [2.75, 3.05) is 61.0 Å². The Labute approximate surface area is 249 Å². The minimum atomic E-state index is 0.758. The van der Waals surface area contributed by atoms with Gasteiger partial charge >= 0.3 is 0 Å². The number of fused-ring (bicyclic) bond motifs is 3. The van der Waals surface area contributed by atoms with Crippen LogP contribution in [-0.2, 0) is 32.4 Å². The Balaban J connectivity index is 1.25. The molecule has 0 aliphatic heterocycles. The fraction of sp³-hybridized carbons (Fsp3) is 0.500. The third-order valence-corrected chi connectivity index (χ3v) is 7.95.